The van der Waals surface area contributed by atoms with Gasteiger partial charge in [-0.15, -0.1) is 0 Å². The van der Waals surface area contributed by atoms with E-state index >= 15 is 0 Å². The first-order chi connectivity index (χ1) is 29.5. The van der Waals surface area contributed by atoms with Gasteiger partial charge in [0.25, 0.3) is 0 Å². The van der Waals surface area contributed by atoms with E-state index < -0.39 is 53.1 Å². The number of amides is 5. The largest absolute Gasteiger partial charge is 0.453 e. The van der Waals surface area contributed by atoms with E-state index in [1.807, 2.05) is 143 Å². The predicted molar refractivity (Wildman–Crippen MR) is 238 cm³/mol. The Morgan fingerprint density at radius 1 is 0.774 bits per heavy atom. The lowest BCUT2D eigenvalue weighted by Gasteiger charge is -2.38. The second kappa shape index (κ2) is 19.6. The van der Waals surface area contributed by atoms with Crippen LogP contribution in [0.5, 0.6) is 0 Å². The summed E-state index contributed by atoms with van der Waals surface area (Å²) in [5.41, 5.74) is 3.10. The van der Waals surface area contributed by atoms with Gasteiger partial charge in [-0.3, -0.25) is 14.6 Å². The molecule has 1 aliphatic rings. The summed E-state index contributed by atoms with van der Waals surface area (Å²) < 4.78 is 6.80. The molecular formula is C48H60N8O6. The molecule has 62 heavy (non-hydrogen) atoms. The van der Waals surface area contributed by atoms with Crippen molar-refractivity contribution < 1.29 is 29.0 Å². The van der Waals surface area contributed by atoms with E-state index in [1.54, 1.807) is 22.2 Å². The minimum absolute atomic E-state index is 0.0511. The zero-order valence-electron chi connectivity index (χ0n) is 36.7. The molecule has 1 aliphatic heterocycles. The Morgan fingerprint density at radius 3 is 2.13 bits per heavy atom. The fraction of sp³-hybridized carbons (Fsp3) is 0.417. The number of aromatic nitrogens is 3. The van der Waals surface area contributed by atoms with Crippen molar-refractivity contribution in [3.05, 3.63) is 127 Å². The van der Waals surface area contributed by atoms with Gasteiger partial charge in [-0.05, 0) is 65.5 Å². The first-order valence-corrected chi connectivity index (χ1v) is 21.2. The number of carbonyl (C=O) groups excluding carboxylic acids is 4. The van der Waals surface area contributed by atoms with Crippen molar-refractivity contribution in [1.82, 2.24) is 40.1 Å². The Labute approximate surface area is 364 Å². The maximum atomic E-state index is 14.7. The molecule has 6 rings (SSSR count). The average Bonchev–Trinajstić information content (AvgIpc) is 3.81. The lowest BCUT2D eigenvalue weighted by atomic mass is 9.84. The summed E-state index contributed by atoms with van der Waals surface area (Å²) in [6, 6.07) is 25.4. The van der Waals surface area contributed by atoms with Crippen LogP contribution < -0.4 is 16.0 Å². The van der Waals surface area contributed by atoms with Crippen molar-refractivity contribution >= 4 is 29.5 Å². The molecule has 5 amide bonds. The van der Waals surface area contributed by atoms with Crippen LogP contribution in [0.3, 0.4) is 0 Å². The highest BCUT2D eigenvalue weighted by molar-refractivity contribution is 5.89. The number of nitrogens with one attached hydrogen (secondary N) is 3. The number of methoxy groups -OCH3 is 1. The molecule has 1 fully saturated rings. The highest BCUT2D eigenvalue weighted by Crippen LogP contribution is 2.30. The second-order valence-corrected chi connectivity index (χ2v) is 18.2. The fourth-order valence-electron chi connectivity index (χ4n) is 8.11. The fourth-order valence-corrected chi connectivity index (χ4v) is 8.11. The number of ether oxygens (including phenoxy) is 1. The van der Waals surface area contributed by atoms with E-state index in [1.165, 1.54) is 7.11 Å². The van der Waals surface area contributed by atoms with Crippen LogP contribution in [0.4, 0.5) is 9.59 Å². The molecule has 328 valence electrons. The molecule has 3 aromatic heterocycles. The first-order valence-electron chi connectivity index (χ1n) is 21.2. The number of urea groups is 1. The highest BCUT2D eigenvalue weighted by atomic mass is 16.5. The lowest BCUT2D eigenvalue weighted by molar-refractivity contribution is -0.131. The monoisotopic (exact) mass is 844 g/mol. The third-order valence-electron chi connectivity index (χ3n) is 11.3. The van der Waals surface area contributed by atoms with Crippen LogP contribution >= 0.6 is 0 Å². The van der Waals surface area contributed by atoms with Gasteiger partial charge in [-0.2, -0.15) is 0 Å². The molecule has 1 saturated heterocycles. The minimum atomic E-state index is -1.15. The Bertz CT molecular complexity index is 2290. The van der Waals surface area contributed by atoms with Crippen LogP contribution in [-0.4, -0.2) is 104 Å². The number of carbonyl (C=O) groups is 4. The summed E-state index contributed by atoms with van der Waals surface area (Å²) in [6.07, 6.45) is 4.20. The molecule has 0 radical (unpaired) electrons. The average molecular weight is 845 g/mol. The van der Waals surface area contributed by atoms with Crippen molar-refractivity contribution in [2.24, 2.45) is 10.8 Å². The summed E-state index contributed by atoms with van der Waals surface area (Å²) in [5.74, 6) is -0.110. The quantitative estimate of drug-likeness (QED) is 0.0934. The van der Waals surface area contributed by atoms with Crippen LogP contribution in [0.15, 0.2) is 110 Å². The lowest BCUT2D eigenvalue weighted by Crippen LogP contribution is -2.59. The number of imidazole rings is 1. The molecule has 0 aliphatic carbocycles. The summed E-state index contributed by atoms with van der Waals surface area (Å²) >= 11 is 0. The van der Waals surface area contributed by atoms with E-state index in [0.29, 0.717) is 19.5 Å². The molecule has 5 atom stereocenters. The van der Waals surface area contributed by atoms with Crippen LogP contribution in [0.2, 0.25) is 0 Å². The zero-order chi connectivity index (χ0) is 44.6. The standard InChI is InChI=1S/C48H60N8O6/c1-47(2,3)41(53-45(60)62-7)43(58)51-35(27-33-19-21-34(22-20-33)37-18-11-13-23-49-37)29-39(57)38(28-32-15-9-8-10-16-32)52-44(59)42(48(4,5)6)56-26-25-54(46(56)61)31-40-50-30-36-17-12-14-24-55(36)40/h8-24,30,35,38-39,41-42,57H,25-29,31H2,1-7H3,(H,51,58)(H,52,59)(H,53,60)/t35?,38?,39?,41?,42-/m1/s1. The second-order valence-electron chi connectivity index (χ2n) is 18.2. The van der Waals surface area contributed by atoms with Crippen molar-refractivity contribution in [3.63, 3.8) is 0 Å². The normalized spacial score (nSPS) is 15.7. The molecule has 14 nitrogen and oxygen atoms in total. The van der Waals surface area contributed by atoms with Crippen LogP contribution in [0, 0.1) is 10.8 Å². The van der Waals surface area contributed by atoms with E-state index in [-0.39, 0.29) is 31.3 Å². The summed E-state index contributed by atoms with van der Waals surface area (Å²) in [6.45, 7) is 12.3. The van der Waals surface area contributed by atoms with Gasteiger partial charge in [0.05, 0.1) is 43.2 Å². The number of hydrogen-bond acceptors (Lipinski definition) is 8. The highest BCUT2D eigenvalue weighted by Gasteiger charge is 2.45. The summed E-state index contributed by atoms with van der Waals surface area (Å²) in [7, 11) is 1.24. The van der Waals surface area contributed by atoms with Crippen molar-refractivity contribution in [3.8, 4) is 11.3 Å². The van der Waals surface area contributed by atoms with E-state index in [4.69, 9.17) is 4.74 Å². The van der Waals surface area contributed by atoms with Crippen LogP contribution in [-0.2, 0) is 33.7 Å². The Morgan fingerprint density at radius 2 is 1.47 bits per heavy atom. The molecule has 0 bridgehead atoms. The number of nitrogens with zero attached hydrogens (tertiary/aromatic N) is 5. The third-order valence-corrected chi connectivity index (χ3v) is 11.3. The molecule has 4 heterocycles. The van der Waals surface area contributed by atoms with Crippen molar-refractivity contribution in [2.75, 3.05) is 20.2 Å². The topological polar surface area (TPSA) is 171 Å². The zero-order valence-corrected chi connectivity index (χ0v) is 36.7. The maximum absolute atomic E-state index is 14.7. The van der Waals surface area contributed by atoms with E-state index in [0.717, 1.165) is 33.7 Å². The third kappa shape index (κ3) is 11.3. The van der Waals surface area contributed by atoms with Gasteiger partial charge >= 0.3 is 12.1 Å². The predicted octanol–water partition coefficient (Wildman–Crippen LogP) is 6.03. The number of benzene rings is 2. The molecule has 0 spiro atoms. The van der Waals surface area contributed by atoms with Crippen LogP contribution in [0.25, 0.3) is 16.8 Å². The number of alkyl carbamates (subject to hydrolysis) is 1. The Kier molecular flexibility index (Phi) is 14.3. The minimum Gasteiger partial charge on any atom is -0.453 e. The Balaban J connectivity index is 1.25. The van der Waals surface area contributed by atoms with Crippen molar-refractivity contribution in [1.29, 1.82) is 0 Å². The number of hydrogen-bond donors (Lipinski definition) is 4. The number of rotatable bonds is 16. The van der Waals surface area contributed by atoms with Gasteiger partial charge in [0.15, 0.2) is 0 Å². The van der Waals surface area contributed by atoms with Crippen LogP contribution in [0.1, 0.15) is 64.9 Å². The van der Waals surface area contributed by atoms with Gasteiger partial charge in [-0.25, -0.2) is 14.6 Å². The van der Waals surface area contributed by atoms with Gasteiger partial charge in [0.1, 0.15) is 17.9 Å². The molecular weight excluding hydrogens is 785 g/mol. The molecule has 4 unspecified atom stereocenters. The van der Waals surface area contributed by atoms with E-state index in [9.17, 15) is 24.3 Å². The molecule has 5 aromatic rings. The number of fused-ring (bicyclic) bond motifs is 1. The Hall–Kier alpha value is -6.28. The van der Waals surface area contributed by atoms with E-state index in [2.05, 4.69) is 25.9 Å². The van der Waals surface area contributed by atoms with Gasteiger partial charge in [0, 0.05) is 37.1 Å². The van der Waals surface area contributed by atoms with Gasteiger partial charge < -0.3 is 40.0 Å². The number of aliphatic hydroxyl groups is 1. The number of pyridine rings is 2. The SMILES string of the molecule is COC(=O)NC(C(=O)NC(Cc1ccc(-c2ccccn2)cc1)CC(O)C(Cc1ccccc1)NC(=O)[C@@H](N1CCN(Cc2ncc3ccccn23)C1=O)C(C)(C)C)C(C)(C)C. The molecule has 0 saturated carbocycles. The first kappa shape index (κ1) is 45.3. The number of aliphatic hydroxyl groups excluding tert-OH is 1. The molecule has 14 heteroatoms. The summed E-state index contributed by atoms with van der Waals surface area (Å²) in [5, 5.41) is 21.2. The van der Waals surface area contributed by atoms with Gasteiger partial charge in [-0.1, -0.05) is 108 Å². The molecule has 2 aromatic carbocycles. The molecule has 4 N–H and O–H groups in total. The summed E-state index contributed by atoms with van der Waals surface area (Å²) in [4.78, 5) is 67.6. The van der Waals surface area contributed by atoms with Gasteiger partial charge in [0.2, 0.25) is 11.8 Å². The smallest absolute Gasteiger partial charge is 0.407 e. The van der Waals surface area contributed by atoms with Crippen molar-refractivity contribution in [2.45, 2.75) is 97.6 Å². The maximum Gasteiger partial charge on any atom is 0.407 e.